The maximum absolute atomic E-state index is 12.2. The summed E-state index contributed by atoms with van der Waals surface area (Å²) in [7, 11) is 0. The predicted octanol–water partition coefficient (Wildman–Crippen LogP) is 3.95. The van der Waals surface area contributed by atoms with E-state index in [0.717, 1.165) is 12.0 Å². The molecule has 0 aliphatic carbocycles. The Kier molecular flexibility index (Phi) is 3.85. The molecular weight excluding hydrogens is 238 g/mol. The summed E-state index contributed by atoms with van der Waals surface area (Å²) < 4.78 is 24.5. The van der Waals surface area contributed by atoms with Gasteiger partial charge in [0.25, 0.3) is 6.43 Å². The van der Waals surface area contributed by atoms with Crippen molar-refractivity contribution in [2.45, 2.75) is 24.6 Å². The van der Waals surface area contributed by atoms with E-state index in [4.69, 9.17) is 0 Å². The first-order valence-electron chi connectivity index (χ1n) is 4.16. The van der Waals surface area contributed by atoms with E-state index in [0.29, 0.717) is 5.56 Å². The lowest BCUT2D eigenvalue weighted by Crippen LogP contribution is -2.01. The second-order valence-electron chi connectivity index (χ2n) is 2.83. The minimum atomic E-state index is -2.35. The monoisotopic (exact) mass is 248 g/mol. The maximum Gasteiger partial charge on any atom is 0.255 e. The highest BCUT2D eigenvalue weighted by molar-refractivity contribution is 9.09. The van der Waals surface area contributed by atoms with Gasteiger partial charge in [0, 0.05) is 0 Å². The van der Waals surface area contributed by atoms with Gasteiger partial charge in [0.05, 0.1) is 0 Å². The van der Waals surface area contributed by atoms with E-state index in [2.05, 4.69) is 15.9 Å². The van der Waals surface area contributed by atoms with E-state index in [1.807, 2.05) is 19.1 Å². The molecule has 0 fully saturated rings. The summed E-state index contributed by atoms with van der Waals surface area (Å²) in [6.45, 7) is 2.04. The first-order valence-corrected chi connectivity index (χ1v) is 5.07. The summed E-state index contributed by atoms with van der Waals surface area (Å²) in [5.41, 5.74) is 1.80. The lowest BCUT2D eigenvalue weighted by molar-refractivity contribution is 0.147. The average molecular weight is 249 g/mol. The fourth-order valence-electron chi connectivity index (χ4n) is 1.08. The first kappa shape index (κ1) is 10.6. The zero-order chi connectivity index (χ0) is 9.84. The van der Waals surface area contributed by atoms with Crippen molar-refractivity contribution in [2.75, 3.05) is 0 Å². The zero-order valence-corrected chi connectivity index (χ0v) is 8.89. The average Bonchev–Trinajstić information content (AvgIpc) is 2.17. The molecule has 0 bridgehead atoms. The van der Waals surface area contributed by atoms with Gasteiger partial charge >= 0.3 is 0 Å². The largest absolute Gasteiger partial charge is 0.255 e. The van der Waals surface area contributed by atoms with Crippen molar-refractivity contribution in [1.29, 1.82) is 0 Å². The van der Waals surface area contributed by atoms with Crippen molar-refractivity contribution in [3.8, 4) is 0 Å². The molecule has 0 saturated carbocycles. The number of hydrogen-bond donors (Lipinski definition) is 0. The van der Waals surface area contributed by atoms with Crippen molar-refractivity contribution >= 4 is 15.9 Å². The minimum absolute atomic E-state index is 0.632. The van der Waals surface area contributed by atoms with Crippen LogP contribution < -0.4 is 0 Å². The third-order valence-corrected chi connectivity index (χ3v) is 2.86. The molecule has 0 aromatic heterocycles. The Morgan fingerprint density at radius 1 is 1.23 bits per heavy atom. The molecule has 1 rings (SSSR count). The first-order chi connectivity index (χ1) is 6.15. The number of benzene rings is 1. The zero-order valence-electron chi connectivity index (χ0n) is 7.31. The molecular formula is C10H11BrF2. The van der Waals surface area contributed by atoms with Gasteiger partial charge in [-0.2, -0.15) is 0 Å². The van der Waals surface area contributed by atoms with Crippen LogP contribution in [0.4, 0.5) is 8.78 Å². The van der Waals surface area contributed by atoms with Crippen LogP contribution in [0, 0.1) is 0 Å². The van der Waals surface area contributed by atoms with E-state index in [-0.39, 0.29) is 0 Å². The number of rotatable bonds is 3. The van der Waals surface area contributed by atoms with Crippen molar-refractivity contribution in [3.63, 3.8) is 0 Å². The summed E-state index contributed by atoms with van der Waals surface area (Å²) in [6.07, 6.45) is -1.42. The standard InChI is InChI=1S/C10H11BrF2/c1-2-7-3-5-8(6-4-7)9(11)10(12)13/h3-6,9-10H,2H2,1H3. The number of aryl methyl sites for hydroxylation is 1. The van der Waals surface area contributed by atoms with E-state index >= 15 is 0 Å². The lowest BCUT2D eigenvalue weighted by Gasteiger charge is -2.08. The highest BCUT2D eigenvalue weighted by Gasteiger charge is 2.18. The topological polar surface area (TPSA) is 0 Å². The quantitative estimate of drug-likeness (QED) is 0.711. The van der Waals surface area contributed by atoms with E-state index < -0.39 is 11.3 Å². The molecule has 1 aromatic carbocycles. The lowest BCUT2D eigenvalue weighted by atomic mass is 10.1. The van der Waals surface area contributed by atoms with Crippen LogP contribution in [0.5, 0.6) is 0 Å². The normalized spacial score (nSPS) is 13.3. The van der Waals surface area contributed by atoms with E-state index in [1.54, 1.807) is 12.1 Å². The minimum Gasteiger partial charge on any atom is -0.209 e. The molecule has 1 unspecified atom stereocenters. The van der Waals surface area contributed by atoms with Crippen LogP contribution in [0.25, 0.3) is 0 Å². The van der Waals surface area contributed by atoms with Gasteiger partial charge < -0.3 is 0 Å². The van der Waals surface area contributed by atoms with Crippen LogP contribution in [-0.2, 0) is 6.42 Å². The van der Waals surface area contributed by atoms with Crippen LogP contribution in [0.2, 0.25) is 0 Å². The Labute approximate surface area is 85.1 Å². The maximum atomic E-state index is 12.2. The summed E-state index contributed by atoms with van der Waals surface area (Å²) in [5, 5.41) is 0. The molecule has 0 saturated heterocycles. The Morgan fingerprint density at radius 3 is 2.15 bits per heavy atom. The van der Waals surface area contributed by atoms with Gasteiger partial charge in [-0.15, -0.1) is 0 Å². The fourth-order valence-corrected chi connectivity index (χ4v) is 1.39. The van der Waals surface area contributed by atoms with Crippen molar-refractivity contribution in [1.82, 2.24) is 0 Å². The van der Waals surface area contributed by atoms with Crippen molar-refractivity contribution in [2.24, 2.45) is 0 Å². The van der Waals surface area contributed by atoms with Crippen LogP contribution in [-0.4, -0.2) is 6.43 Å². The van der Waals surface area contributed by atoms with Crippen molar-refractivity contribution in [3.05, 3.63) is 35.4 Å². The highest BCUT2D eigenvalue weighted by Crippen LogP contribution is 2.29. The second-order valence-corrected chi connectivity index (χ2v) is 3.82. The molecule has 0 aliphatic heterocycles. The molecule has 0 radical (unpaired) electrons. The molecule has 72 valence electrons. The Morgan fingerprint density at radius 2 is 1.77 bits per heavy atom. The summed E-state index contributed by atoms with van der Waals surface area (Å²) in [4.78, 5) is -0.849. The molecule has 0 heterocycles. The smallest absolute Gasteiger partial charge is 0.209 e. The fraction of sp³-hybridized carbons (Fsp3) is 0.400. The SMILES string of the molecule is CCc1ccc(C(Br)C(F)F)cc1. The molecule has 0 N–H and O–H groups in total. The number of alkyl halides is 3. The Hall–Kier alpha value is -0.440. The van der Waals surface area contributed by atoms with Gasteiger partial charge in [0.2, 0.25) is 0 Å². The third kappa shape index (κ3) is 2.76. The molecule has 0 spiro atoms. The van der Waals surface area contributed by atoms with Crippen LogP contribution in [0.3, 0.4) is 0 Å². The Bertz CT molecular complexity index is 256. The highest BCUT2D eigenvalue weighted by atomic mass is 79.9. The molecule has 3 heteroatoms. The van der Waals surface area contributed by atoms with Gasteiger partial charge in [0.1, 0.15) is 4.83 Å². The summed E-state index contributed by atoms with van der Waals surface area (Å²) >= 11 is 2.95. The molecule has 0 aliphatic rings. The predicted molar refractivity (Wildman–Crippen MR) is 53.5 cm³/mol. The summed E-state index contributed by atoms with van der Waals surface area (Å²) in [6, 6.07) is 7.24. The number of halogens is 3. The molecule has 0 amide bonds. The number of hydrogen-bond acceptors (Lipinski definition) is 0. The van der Waals surface area contributed by atoms with Gasteiger partial charge in [-0.1, -0.05) is 47.1 Å². The van der Waals surface area contributed by atoms with E-state index in [1.165, 1.54) is 0 Å². The van der Waals surface area contributed by atoms with Gasteiger partial charge in [0.15, 0.2) is 0 Å². The molecule has 1 atom stereocenters. The van der Waals surface area contributed by atoms with Crippen LogP contribution in [0.1, 0.15) is 22.9 Å². The van der Waals surface area contributed by atoms with Crippen LogP contribution in [0.15, 0.2) is 24.3 Å². The molecule has 1 aromatic rings. The molecule has 13 heavy (non-hydrogen) atoms. The van der Waals surface area contributed by atoms with Crippen LogP contribution >= 0.6 is 15.9 Å². The Balaban J connectivity index is 2.79. The van der Waals surface area contributed by atoms with Gasteiger partial charge in [-0.05, 0) is 17.5 Å². The summed E-state index contributed by atoms with van der Waals surface area (Å²) in [5.74, 6) is 0. The van der Waals surface area contributed by atoms with Gasteiger partial charge in [-0.25, -0.2) is 8.78 Å². The third-order valence-electron chi connectivity index (χ3n) is 1.93. The second kappa shape index (κ2) is 4.70. The molecule has 0 nitrogen and oxygen atoms in total. The van der Waals surface area contributed by atoms with E-state index in [9.17, 15) is 8.78 Å². The van der Waals surface area contributed by atoms with Crippen molar-refractivity contribution < 1.29 is 8.78 Å². The van der Waals surface area contributed by atoms with Gasteiger partial charge in [-0.3, -0.25) is 0 Å².